The molecule has 110 valence electrons. The van der Waals surface area contributed by atoms with Crippen molar-refractivity contribution in [2.45, 2.75) is 51.4 Å². The lowest BCUT2D eigenvalue weighted by molar-refractivity contribution is -0.0245. The second-order valence-corrected chi connectivity index (χ2v) is 6.74. The first kappa shape index (κ1) is 15.1. The van der Waals surface area contributed by atoms with Gasteiger partial charge < -0.3 is 14.8 Å². The third-order valence-corrected chi connectivity index (χ3v) is 3.27. The smallest absolute Gasteiger partial charge is 0.407 e. The topological polar surface area (TPSA) is 60.5 Å². The maximum atomic E-state index is 11.6. The van der Waals surface area contributed by atoms with Gasteiger partial charge in [-0.15, -0.1) is 0 Å². The Morgan fingerprint density at radius 1 is 1.35 bits per heavy atom. The Labute approximate surface area is 127 Å². The number of aromatic nitrogens is 1. The van der Waals surface area contributed by atoms with Gasteiger partial charge in [-0.3, -0.25) is 0 Å². The van der Waals surface area contributed by atoms with Crippen molar-refractivity contribution in [2.24, 2.45) is 0 Å². The van der Waals surface area contributed by atoms with Crippen LogP contribution >= 0.6 is 15.9 Å². The molecule has 0 aliphatic heterocycles. The molecule has 1 fully saturated rings. The van der Waals surface area contributed by atoms with Crippen LogP contribution in [0.5, 0.6) is 5.75 Å². The lowest BCUT2D eigenvalue weighted by Gasteiger charge is -2.35. The molecule has 1 aliphatic rings. The highest BCUT2D eigenvalue weighted by Crippen LogP contribution is 2.28. The lowest BCUT2D eigenvalue weighted by atomic mass is 9.92. The zero-order valence-electron chi connectivity index (χ0n) is 11.9. The molecule has 5 nitrogen and oxygen atoms in total. The molecule has 0 saturated heterocycles. The van der Waals surface area contributed by atoms with Crippen LogP contribution in [0.3, 0.4) is 0 Å². The van der Waals surface area contributed by atoms with E-state index in [-0.39, 0.29) is 23.8 Å². The van der Waals surface area contributed by atoms with Gasteiger partial charge in [-0.1, -0.05) is 0 Å². The summed E-state index contributed by atoms with van der Waals surface area (Å²) in [4.78, 5) is 15.7. The van der Waals surface area contributed by atoms with E-state index in [2.05, 4.69) is 26.2 Å². The minimum Gasteiger partial charge on any atom is -0.489 e. The van der Waals surface area contributed by atoms with Crippen molar-refractivity contribution in [3.8, 4) is 5.75 Å². The summed E-state index contributed by atoms with van der Waals surface area (Å²) in [6, 6.07) is 3.69. The zero-order valence-corrected chi connectivity index (χ0v) is 13.4. The van der Waals surface area contributed by atoms with Gasteiger partial charge in [-0.05, 0) is 48.8 Å². The summed E-state index contributed by atoms with van der Waals surface area (Å²) >= 11 is 3.27. The Bertz CT molecular complexity index is 464. The number of nitrogens with one attached hydrogen (secondary N) is 1. The third-order valence-electron chi connectivity index (χ3n) is 2.81. The number of amides is 1. The quantitative estimate of drug-likeness (QED) is 0.856. The van der Waals surface area contributed by atoms with E-state index in [4.69, 9.17) is 9.47 Å². The zero-order chi connectivity index (χ0) is 14.8. The molecule has 1 aromatic rings. The van der Waals surface area contributed by atoms with Crippen molar-refractivity contribution in [3.63, 3.8) is 0 Å². The Kier molecular flexibility index (Phi) is 4.52. The van der Waals surface area contributed by atoms with Crippen molar-refractivity contribution in [2.75, 3.05) is 0 Å². The number of ether oxygens (including phenoxy) is 2. The van der Waals surface area contributed by atoms with Crippen molar-refractivity contribution < 1.29 is 14.3 Å². The van der Waals surface area contributed by atoms with Crippen LogP contribution in [0.25, 0.3) is 0 Å². The largest absolute Gasteiger partial charge is 0.489 e. The summed E-state index contributed by atoms with van der Waals surface area (Å²) in [5, 5.41) is 2.77. The predicted octanol–water partition coefficient (Wildman–Crippen LogP) is 3.28. The summed E-state index contributed by atoms with van der Waals surface area (Å²) in [6.07, 6.45) is 2.76. The molecule has 1 saturated carbocycles. The molecule has 0 atom stereocenters. The van der Waals surface area contributed by atoms with Gasteiger partial charge in [0.1, 0.15) is 22.6 Å². The van der Waals surface area contributed by atoms with Gasteiger partial charge in [0, 0.05) is 18.4 Å². The molecule has 0 bridgehead atoms. The Balaban J connectivity index is 1.70. The van der Waals surface area contributed by atoms with Gasteiger partial charge in [0.15, 0.2) is 0 Å². The molecule has 1 aliphatic carbocycles. The maximum Gasteiger partial charge on any atom is 0.407 e. The SMILES string of the molecule is CC(C)(C)NC(=O)OC1CC(Oc2ccc(Br)nc2)C1. The van der Waals surface area contributed by atoms with Gasteiger partial charge in [0.05, 0.1) is 6.20 Å². The van der Waals surface area contributed by atoms with Gasteiger partial charge in [-0.2, -0.15) is 0 Å². The van der Waals surface area contributed by atoms with E-state index in [9.17, 15) is 4.79 Å². The number of nitrogens with zero attached hydrogens (tertiary/aromatic N) is 1. The second kappa shape index (κ2) is 5.99. The summed E-state index contributed by atoms with van der Waals surface area (Å²) in [5.74, 6) is 0.732. The molecule has 0 radical (unpaired) electrons. The van der Waals surface area contributed by atoms with Crippen molar-refractivity contribution in [1.82, 2.24) is 10.3 Å². The van der Waals surface area contributed by atoms with E-state index in [1.54, 1.807) is 6.20 Å². The molecule has 1 aromatic heterocycles. The molecule has 20 heavy (non-hydrogen) atoms. The molecule has 1 heterocycles. The number of alkyl carbamates (subject to hydrolysis) is 1. The number of carbonyl (C=O) groups is 1. The molecule has 0 aromatic carbocycles. The summed E-state index contributed by atoms with van der Waals surface area (Å²) < 4.78 is 11.8. The minimum absolute atomic E-state index is 0.0641. The fraction of sp³-hybridized carbons (Fsp3) is 0.571. The first-order valence-corrected chi connectivity index (χ1v) is 7.38. The molecule has 0 unspecified atom stereocenters. The summed E-state index contributed by atoms with van der Waals surface area (Å²) in [7, 11) is 0. The number of pyridine rings is 1. The highest BCUT2D eigenvalue weighted by Gasteiger charge is 2.34. The van der Waals surface area contributed by atoms with Crippen molar-refractivity contribution in [3.05, 3.63) is 22.9 Å². The number of halogens is 1. The first-order valence-electron chi connectivity index (χ1n) is 6.59. The van der Waals surface area contributed by atoms with E-state index in [0.29, 0.717) is 12.8 Å². The standard InChI is InChI=1S/C14H19BrN2O3/c1-14(2,3)17-13(18)20-11-6-10(7-11)19-9-4-5-12(15)16-8-9/h4-5,8,10-11H,6-7H2,1-3H3,(H,17,18). The molecular formula is C14H19BrN2O3. The average molecular weight is 343 g/mol. The van der Waals surface area contributed by atoms with Crippen LogP contribution in [-0.4, -0.2) is 28.8 Å². The fourth-order valence-electron chi connectivity index (χ4n) is 1.82. The summed E-state index contributed by atoms with van der Waals surface area (Å²) in [6.45, 7) is 5.75. The third kappa shape index (κ3) is 4.67. The predicted molar refractivity (Wildman–Crippen MR) is 78.7 cm³/mol. The Morgan fingerprint density at radius 3 is 2.60 bits per heavy atom. The molecule has 0 spiro atoms. The van der Waals surface area contributed by atoms with Crippen LogP contribution in [-0.2, 0) is 4.74 Å². The maximum absolute atomic E-state index is 11.6. The lowest BCUT2D eigenvalue weighted by Crippen LogP contribution is -2.46. The molecule has 6 heteroatoms. The van der Waals surface area contributed by atoms with E-state index < -0.39 is 0 Å². The number of hydrogen-bond donors (Lipinski definition) is 1. The van der Waals surface area contributed by atoms with Gasteiger partial charge >= 0.3 is 6.09 Å². The normalized spacial score (nSPS) is 21.8. The molecule has 1 amide bonds. The van der Waals surface area contributed by atoms with Crippen LogP contribution in [0.2, 0.25) is 0 Å². The van der Waals surface area contributed by atoms with E-state index in [0.717, 1.165) is 10.4 Å². The van der Waals surface area contributed by atoms with Crippen LogP contribution < -0.4 is 10.1 Å². The highest BCUT2D eigenvalue weighted by atomic mass is 79.9. The van der Waals surface area contributed by atoms with Gasteiger partial charge in [-0.25, -0.2) is 9.78 Å². The van der Waals surface area contributed by atoms with E-state index in [1.165, 1.54) is 0 Å². The van der Waals surface area contributed by atoms with Crippen LogP contribution in [0.1, 0.15) is 33.6 Å². The molecule has 1 N–H and O–H groups in total. The Morgan fingerprint density at radius 2 is 2.05 bits per heavy atom. The van der Waals surface area contributed by atoms with Crippen molar-refractivity contribution in [1.29, 1.82) is 0 Å². The monoisotopic (exact) mass is 342 g/mol. The number of rotatable bonds is 3. The molecular weight excluding hydrogens is 324 g/mol. The van der Waals surface area contributed by atoms with E-state index in [1.807, 2.05) is 32.9 Å². The Hall–Kier alpha value is -1.30. The number of carbonyl (C=O) groups excluding carboxylic acids is 1. The van der Waals surface area contributed by atoms with Crippen molar-refractivity contribution >= 4 is 22.0 Å². The van der Waals surface area contributed by atoms with Crippen LogP contribution in [0, 0.1) is 0 Å². The van der Waals surface area contributed by atoms with Gasteiger partial charge in [0.25, 0.3) is 0 Å². The average Bonchev–Trinajstić information content (AvgIpc) is 2.26. The second-order valence-electron chi connectivity index (χ2n) is 5.93. The first-order chi connectivity index (χ1) is 9.32. The highest BCUT2D eigenvalue weighted by molar-refractivity contribution is 9.10. The fourth-order valence-corrected chi connectivity index (χ4v) is 2.06. The van der Waals surface area contributed by atoms with Crippen LogP contribution in [0.15, 0.2) is 22.9 Å². The van der Waals surface area contributed by atoms with Gasteiger partial charge in [0.2, 0.25) is 0 Å². The minimum atomic E-state index is -0.369. The number of hydrogen-bond acceptors (Lipinski definition) is 4. The van der Waals surface area contributed by atoms with Crippen LogP contribution in [0.4, 0.5) is 4.79 Å². The molecule has 2 rings (SSSR count). The van der Waals surface area contributed by atoms with E-state index >= 15 is 0 Å². The summed E-state index contributed by atoms with van der Waals surface area (Å²) in [5.41, 5.74) is -0.278.